The maximum Gasteiger partial charge on any atom is 0.252 e. The summed E-state index contributed by atoms with van der Waals surface area (Å²) in [4.78, 5) is 28.1. The molecule has 3 rings (SSSR count). The van der Waals surface area contributed by atoms with Crippen LogP contribution in [0.25, 0.3) is 0 Å². The highest BCUT2D eigenvalue weighted by Crippen LogP contribution is 2.22. The first-order valence-electron chi connectivity index (χ1n) is 8.71. The molecule has 1 N–H and O–H groups in total. The molecule has 1 atom stereocenters. The minimum atomic E-state index is -0.482. The number of nitrogens with zero attached hydrogens (tertiary/aromatic N) is 2. The number of amides is 2. The summed E-state index contributed by atoms with van der Waals surface area (Å²) in [5.74, 6) is -0.276. The molecule has 2 heterocycles. The van der Waals surface area contributed by atoms with Gasteiger partial charge in [-0.25, -0.2) is 0 Å². The minimum absolute atomic E-state index is 0.122. The van der Waals surface area contributed by atoms with Crippen molar-refractivity contribution in [3.05, 3.63) is 24.3 Å². The predicted molar refractivity (Wildman–Crippen MR) is 94.7 cm³/mol. The molecule has 0 bridgehead atoms. The number of likely N-dealkylation sites (tertiary alicyclic amines) is 1. The van der Waals surface area contributed by atoms with Gasteiger partial charge in [-0.2, -0.15) is 0 Å². The number of ether oxygens (including phenoxy) is 2. The SMILES string of the molecule is COCCCN1C(=O)C[C@@H](Nc2ccc(N3CCOCC3)cc2)C1=O. The zero-order valence-corrected chi connectivity index (χ0v) is 14.6. The number of hydrogen-bond donors (Lipinski definition) is 1. The van der Waals surface area contributed by atoms with E-state index in [1.165, 1.54) is 4.90 Å². The quantitative estimate of drug-likeness (QED) is 0.588. The molecule has 136 valence electrons. The van der Waals surface area contributed by atoms with Crippen molar-refractivity contribution < 1.29 is 19.1 Å². The third kappa shape index (κ3) is 4.29. The Morgan fingerprint density at radius 1 is 1.20 bits per heavy atom. The fraction of sp³-hybridized carbons (Fsp3) is 0.556. The summed E-state index contributed by atoms with van der Waals surface area (Å²) in [5, 5.41) is 3.19. The van der Waals surface area contributed by atoms with Gasteiger partial charge < -0.3 is 19.7 Å². The molecule has 0 spiro atoms. The number of methoxy groups -OCH3 is 1. The molecule has 0 aliphatic carbocycles. The van der Waals surface area contributed by atoms with Crippen LogP contribution in [0.4, 0.5) is 11.4 Å². The van der Waals surface area contributed by atoms with Gasteiger partial charge in [-0.1, -0.05) is 0 Å². The molecule has 25 heavy (non-hydrogen) atoms. The van der Waals surface area contributed by atoms with E-state index in [0.717, 1.165) is 37.7 Å². The molecule has 0 radical (unpaired) electrons. The van der Waals surface area contributed by atoms with E-state index in [1.54, 1.807) is 7.11 Å². The van der Waals surface area contributed by atoms with Crippen LogP contribution in [0.1, 0.15) is 12.8 Å². The number of benzene rings is 1. The number of anilines is 2. The number of carbonyl (C=O) groups excluding carboxylic acids is 2. The van der Waals surface area contributed by atoms with Gasteiger partial charge in [0.15, 0.2) is 0 Å². The van der Waals surface area contributed by atoms with E-state index in [4.69, 9.17) is 9.47 Å². The number of morpholine rings is 1. The van der Waals surface area contributed by atoms with Crippen molar-refractivity contribution in [2.75, 3.05) is 56.8 Å². The third-order valence-corrected chi connectivity index (χ3v) is 4.56. The van der Waals surface area contributed by atoms with Gasteiger partial charge in [0.25, 0.3) is 5.91 Å². The number of rotatable bonds is 7. The van der Waals surface area contributed by atoms with Gasteiger partial charge in [-0.05, 0) is 30.7 Å². The molecular weight excluding hydrogens is 322 g/mol. The second-order valence-corrected chi connectivity index (χ2v) is 6.28. The van der Waals surface area contributed by atoms with Crippen LogP contribution in [-0.2, 0) is 19.1 Å². The average molecular weight is 347 g/mol. The maximum absolute atomic E-state index is 12.4. The van der Waals surface area contributed by atoms with Gasteiger partial charge in [0.2, 0.25) is 5.91 Å². The van der Waals surface area contributed by atoms with Crippen molar-refractivity contribution in [3.8, 4) is 0 Å². The summed E-state index contributed by atoms with van der Waals surface area (Å²) in [6.07, 6.45) is 0.867. The maximum atomic E-state index is 12.4. The third-order valence-electron chi connectivity index (χ3n) is 4.56. The predicted octanol–water partition coefficient (Wildman–Crippen LogP) is 1.10. The van der Waals surface area contributed by atoms with E-state index in [9.17, 15) is 9.59 Å². The van der Waals surface area contributed by atoms with Gasteiger partial charge in [-0.15, -0.1) is 0 Å². The highest BCUT2D eigenvalue weighted by atomic mass is 16.5. The monoisotopic (exact) mass is 347 g/mol. The highest BCUT2D eigenvalue weighted by Gasteiger charge is 2.38. The van der Waals surface area contributed by atoms with Crippen LogP contribution < -0.4 is 10.2 Å². The smallest absolute Gasteiger partial charge is 0.252 e. The van der Waals surface area contributed by atoms with Gasteiger partial charge >= 0.3 is 0 Å². The van der Waals surface area contributed by atoms with Crippen molar-refractivity contribution in [1.82, 2.24) is 4.90 Å². The van der Waals surface area contributed by atoms with Gasteiger partial charge in [0.1, 0.15) is 6.04 Å². The molecule has 2 saturated heterocycles. The molecular formula is C18H25N3O4. The van der Waals surface area contributed by atoms with E-state index in [-0.39, 0.29) is 18.2 Å². The number of nitrogens with one attached hydrogen (secondary N) is 1. The van der Waals surface area contributed by atoms with Crippen LogP contribution >= 0.6 is 0 Å². The minimum Gasteiger partial charge on any atom is -0.385 e. The Balaban J connectivity index is 1.56. The topological polar surface area (TPSA) is 71.1 Å². The summed E-state index contributed by atoms with van der Waals surface area (Å²) < 4.78 is 10.3. The molecule has 2 fully saturated rings. The Hall–Kier alpha value is -2.12. The molecule has 2 aliphatic heterocycles. The van der Waals surface area contributed by atoms with Crippen LogP contribution in [0.2, 0.25) is 0 Å². The second kappa shape index (κ2) is 8.31. The molecule has 1 aromatic carbocycles. The van der Waals surface area contributed by atoms with Crippen molar-refractivity contribution in [2.24, 2.45) is 0 Å². The fourth-order valence-electron chi connectivity index (χ4n) is 3.19. The summed E-state index contributed by atoms with van der Waals surface area (Å²) in [6, 6.07) is 7.49. The van der Waals surface area contributed by atoms with E-state index < -0.39 is 6.04 Å². The normalized spacial score (nSPS) is 21.1. The fourth-order valence-corrected chi connectivity index (χ4v) is 3.19. The van der Waals surface area contributed by atoms with E-state index in [2.05, 4.69) is 10.2 Å². The molecule has 0 unspecified atom stereocenters. The molecule has 2 aliphatic rings. The lowest BCUT2D eigenvalue weighted by atomic mass is 10.2. The van der Waals surface area contributed by atoms with Crippen molar-refractivity contribution in [1.29, 1.82) is 0 Å². The van der Waals surface area contributed by atoms with Gasteiger partial charge in [0.05, 0.1) is 19.6 Å². The molecule has 0 saturated carbocycles. The zero-order chi connectivity index (χ0) is 17.6. The average Bonchev–Trinajstić information content (AvgIpc) is 2.90. The van der Waals surface area contributed by atoms with Crippen LogP contribution in [0.15, 0.2) is 24.3 Å². The van der Waals surface area contributed by atoms with Crippen molar-refractivity contribution in [3.63, 3.8) is 0 Å². The Bertz CT molecular complexity index is 599. The zero-order valence-electron chi connectivity index (χ0n) is 14.6. The van der Waals surface area contributed by atoms with Crippen molar-refractivity contribution >= 4 is 23.2 Å². The highest BCUT2D eigenvalue weighted by molar-refractivity contribution is 6.06. The number of carbonyl (C=O) groups is 2. The van der Waals surface area contributed by atoms with Gasteiger partial charge in [-0.3, -0.25) is 14.5 Å². The first-order valence-corrected chi connectivity index (χ1v) is 8.71. The largest absolute Gasteiger partial charge is 0.385 e. The summed E-state index contributed by atoms with van der Waals surface area (Å²) in [6.45, 7) is 4.23. The summed E-state index contributed by atoms with van der Waals surface area (Å²) >= 11 is 0. The Kier molecular flexibility index (Phi) is 5.88. The van der Waals surface area contributed by atoms with E-state index in [0.29, 0.717) is 19.6 Å². The lowest BCUT2D eigenvalue weighted by Crippen LogP contribution is -2.36. The van der Waals surface area contributed by atoms with Crippen LogP contribution in [0, 0.1) is 0 Å². The number of imide groups is 1. The number of hydrogen-bond acceptors (Lipinski definition) is 6. The molecule has 0 aromatic heterocycles. The van der Waals surface area contributed by atoms with Crippen molar-refractivity contribution in [2.45, 2.75) is 18.9 Å². The van der Waals surface area contributed by atoms with Crippen LogP contribution in [0.3, 0.4) is 0 Å². The van der Waals surface area contributed by atoms with Crippen LogP contribution in [0.5, 0.6) is 0 Å². The Morgan fingerprint density at radius 2 is 1.92 bits per heavy atom. The Labute approximate surface area is 147 Å². The Morgan fingerprint density at radius 3 is 2.60 bits per heavy atom. The first-order chi connectivity index (χ1) is 12.2. The standard InChI is InChI=1S/C18H25N3O4/c1-24-10-2-7-21-17(22)13-16(18(21)23)19-14-3-5-15(6-4-14)20-8-11-25-12-9-20/h3-6,16,19H,2,7-13H2,1H3/t16-/m1/s1. The molecule has 7 heteroatoms. The molecule has 7 nitrogen and oxygen atoms in total. The summed E-state index contributed by atoms with van der Waals surface area (Å²) in [5.41, 5.74) is 1.99. The molecule has 1 aromatic rings. The van der Waals surface area contributed by atoms with E-state index in [1.807, 2.05) is 24.3 Å². The van der Waals surface area contributed by atoms with E-state index >= 15 is 0 Å². The first kappa shape index (κ1) is 17.7. The molecule has 2 amide bonds. The summed E-state index contributed by atoms with van der Waals surface area (Å²) in [7, 11) is 1.61. The van der Waals surface area contributed by atoms with Crippen LogP contribution in [-0.4, -0.2) is 69.3 Å². The second-order valence-electron chi connectivity index (χ2n) is 6.28. The lowest BCUT2D eigenvalue weighted by molar-refractivity contribution is -0.138. The van der Waals surface area contributed by atoms with Gasteiger partial charge in [0, 0.05) is 44.7 Å². The lowest BCUT2D eigenvalue weighted by Gasteiger charge is -2.29.